The third-order valence-corrected chi connectivity index (χ3v) is 1.86. The van der Waals surface area contributed by atoms with Crippen LogP contribution in [-0.4, -0.2) is 5.78 Å². The van der Waals surface area contributed by atoms with Crippen molar-refractivity contribution in [1.82, 2.24) is 0 Å². The molecule has 0 atom stereocenters. The molecule has 0 aromatic carbocycles. The van der Waals surface area contributed by atoms with Crippen LogP contribution in [0.5, 0.6) is 0 Å². The molecule has 0 radical (unpaired) electrons. The van der Waals surface area contributed by atoms with Gasteiger partial charge in [-0.05, 0) is 5.92 Å². The first-order valence-electron chi connectivity index (χ1n) is 5.48. The first kappa shape index (κ1) is 15.2. The summed E-state index contributed by atoms with van der Waals surface area (Å²) in [5.41, 5.74) is 0. The predicted molar refractivity (Wildman–Crippen MR) is 59.9 cm³/mol. The van der Waals surface area contributed by atoms with Crippen molar-refractivity contribution in [3.05, 3.63) is 0 Å². The maximum Gasteiger partial charge on any atom is 0.135 e. The smallest absolute Gasteiger partial charge is 0.135 e. The van der Waals surface area contributed by atoms with E-state index in [4.69, 9.17) is 0 Å². The van der Waals surface area contributed by atoms with E-state index in [0.29, 0.717) is 12.2 Å². The molecule has 0 aliphatic heterocycles. The van der Waals surface area contributed by atoms with Crippen LogP contribution in [0, 0.1) is 11.8 Å². The fraction of sp³-hybridized carbons (Fsp3) is 0.917. The standard InChI is InChI=1S/C6H12O.C6H14/c1-4-6(7)5(2)3;1-4-5-6(2)3/h5H,4H2,1-3H3;6H,4-5H2,1-3H3. The number of rotatable bonds is 4. The Kier molecular flexibility index (Phi) is 11.4. The highest BCUT2D eigenvalue weighted by molar-refractivity contribution is 5.79. The topological polar surface area (TPSA) is 17.1 Å². The van der Waals surface area contributed by atoms with E-state index in [-0.39, 0.29) is 5.92 Å². The Labute approximate surface area is 83.9 Å². The van der Waals surface area contributed by atoms with E-state index in [1.54, 1.807) is 0 Å². The summed E-state index contributed by atoms with van der Waals surface area (Å²) in [6.07, 6.45) is 3.38. The van der Waals surface area contributed by atoms with E-state index in [1.165, 1.54) is 12.8 Å². The first-order valence-corrected chi connectivity index (χ1v) is 5.48. The number of Topliss-reactive ketones (excluding diaryl/α,β-unsaturated/α-hetero) is 1. The molecule has 0 fully saturated rings. The molecule has 0 unspecified atom stereocenters. The molecule has 0 spiro atoms. The van der Waals surface area contributed by atoms with Crippen molar-refractivity contribution in [3.63, 3.8) is 0 Å². The van der Waals surface area contributed by atoms with Gasteiger partial charge in [-0.3, -0.25) is 4.79 Å². The molecule has 0 aromatic rings. The van der Waals surface area contributed by atoms with E-state index in [9.17, 15) is 4.79 Å². The summed E-state index contributed by atoms with van der Waals surface area (Å²) in [6.45, 7) is 12.5. The number of ketones is 1. The molecule has 0 heterocycles. The summed E-state index contributed by atoms with van der Waals surface area (Å²) < 4.78 is 0. The maximum atomic E-state index is 10.5. The van der Waals surface area contributed by atoms with Gasteiger partial charge in [0, 0.05) is 12.3 Å². The summed E-state index contributed by atoms with van der Waals surface area (Å²) in [4.78, 5) is 10.5. The van der Waals surface area contributed by atoms with Crippen molar-refractivity contribution in [3.8, 4) is 0 Å². The molecule has 1 nitrogen and oxygen atoms in total. The fourth-order valence-corrected chi connectivity index (χ4v) is 0.986. The third kappa shape index (κ3) is 14.5. The summed E-state index contributed by atoms with van der Waals surface area (Å²) in [7, 11) is 0. The van der Waals surface area contributed by atoms with Gasteiger partial charge in [0.25, 0.3) is 0 Å². The van der Waals surface area contributed by atoms with Gasteiger partial charge in [0.05, 0.1) is 0 Å². The second-order valence-corrected chi connectivity index (χ2v) is 4.16. The molecule has 0 N–H and O–H groups in total. The summed E-state index contributed by atoms with van der Waals surface area (Å²) >= 11 is 0. The Morgan fingerprint density at radius 3 is 1.54 bits per heavy atom. The minimum atomic E-state index is 0.227. The SMILES string of the molecule is CCC(=O)C(C)C.CCCC(C)C. The minimum absolute atomic E-state index is 0.227. The number of hydrogen-bond acceptors (Lipinski definition) is 1. The lowest BCUT2D eigenvalue weighted by Gasteiger charge is -1.96. The third-order valence-electron chi connectivity index (χ3n) is 1.86. The molecule has 0 saturated carbocycles. The monoisotopic (exact) mass is 186 g/mol. The van der Waals surface area contributed by atoms with Crippen molar-refractivity contribution in [2.24, 2.45) is 11.8 Å². The fourth-order valence-electron chi connectivity index (χ4n) is 0.986. The molecule has 0 aliphatic carbocycles. The van der Waals surface area contributed by atoms with Crippen LogP contribution < -0.4 is 0 Å². The molecule has 0 rings (SSSR count). The van der Waals surface area contributed by atoms with Crippen LogP contribution in [0.15, 0.2) is 0 Å². The van der Waals surface area contributed by atoms with Crippen LogP contribution in [-0.2, 0) is 4.79 Å². The zero-order valence-electron chi connectivity index (χ0n) is 10.2. The minimum Gasteiger partial charge on any atom is -0.299 e. The first-order chi connectivity index (χ1) is 5.95. The molecule has 0 saturated heterocycles. The number of carbonyl (C=O) groups is 1. The van der Waals surface area contributed by atoms with Crippen LogP contribution in [0.2, 0.25) is 0 Å². The van der Waals surface area contributed by atoms with Crippen LogP contribution in [0.1, 0.15) is 60.8 Å². The van der Waals surface area contributed by atoms with Crippen LogP contribution >= 0.6 is 0 Å². The van der Waals surface area contributed by atoms with Crippen molar-refractivity contribution in [2.45, 2.75) is 60.8 Å². The maximum absolute atomic E-state index is 10.5. The average Bonchev–Trinajstić information content (AvgIpc) is 2.03. The highest BCUT2D eigenvalue weighted by atomic mass is 16.1. The second kappa shape index (κ2) is 9.76. The van der Waals surface area contributed by atoms with Crippen LogP contribution in [0.3, 0.4) is 0 Å². The number of hydrogen-bond donors (Lipinski definition) is 0. The van der Waals surface area contributed by atoms with Crippen molar-refractivity contribution in [2.75, 3.05) is 0 Å². The Bertz CT molecular complexity index is 114. The summed E-state index contributed by atoms with van der Waals surface area (Å²) in [5, 5.41) is 0. The molecule has 13 heavy (non-hydrogen) atoms. The highest BCUT2D eigenvalue weighted by Gasteiger charge is 2.00. The van der Waals surface area contributed by atoms with Gasteiger partial charge in [0.2, 0.25) is 0 Å². The Morgan fingerprint density at radius 1 is 1.08 bits per heavy atom. The van der Waals surface area contributed by atoms with E-state index in [2.05, 4.69) is 20.8 Å². The molecule has 0 aromatic heterocycles. The van der Waals surface area contributed by atoms with Gasteiger partial charge in [0.15, 0.2) is 0 Å². The lowest BCUT2D eigenvalue weighted by Crippen LogP contribution is -2.03. The van der Waals surface area contributed by atoms with Crippen LogP contribution in [0.4, 0.5) is 0 Å². The molecule has 1 heteroatoms. The van der Waals surface area contributed by atoms with Gasteiger partial charge in [-0.1, -0.05) is 54.4 Å². The van der Waals surface area contributed by atoms with Gasteiger partial charge >= 0.3 is 0 Å². The molecule has 0 bridgehead atoms. The van der Waals surface area contributed by atoms with Gasteiger partial charge < -0.3 is 0 Å². The second-order valence-electron chi connectivity index (χ2n) is 4.16. The van der Waals surface area contributed by atoms with Gasteiger partial charge in [-0.15, -0.1) is 0 Å². The zero-order valence-corrected chi connectivity index (χ0v) is 10.2. The zero-order chi connectivity index (χ0) is 10.9. The molecule has 80 valence electrons. The Morgan fingerprint density at radius 2 is 1.54 bits per heavy atom. The lowest BCUT2D eigenvalue weighted by atomic mass is 10.1. The average molecular weight is 186 g/mol. The quantitative estimate of drug-likeness (QED) is 0.647. The van der Waals surface area contributed by atoms with E-state index in [0.717, 1.165) is 5.92 Å². The molecular weight excluding hydrogens is 160 g/mol. The van der Waals surface area contributed by atoms with Gasteiger partial charge in [0.1, 0.15) is 5.78 Å². The van der Waals surface area contributed by atoms with E-state index < -0.39 is 0 Å². The summed E-state index contributed by atoms with van der Waals surface area (Å²) in [5.74, 6) is 1.47. The molecule has 0 amide bonds. The van der Waals surface area contributed by atoms with Crippen molar-refractivity contribution in [1.29, 1.82) is 0 Å². The summed E-state index contributed by atoms with van der Waals surface area (Å²) in [6, 6.07) is 0. The van der Waals surface area contributed by atoms with Crippen molar-refractivity contribution >= 4 is 5.78 Å². The predicted octanol–water partition coefficient (Wildman–Crippen LogP) is 4.06. The number of carbonyl (C=O) groups excluding carboxylic acids is 1. The normalized spacial score (nSPS) is 9.85. The molecular formula is C12H26O. The van der Waals surface area contributed by atoms with Gasteiger partial charge in [-0.2, -0.15) is 0 Å². The largest absolute Gasteiger partial charge is 0.299 e. The lowest BCUT2D eigenvalue weighted by molar-refractivity contribution is -0.121. The van der Waals surface area contributed by atoms with E-state index >= 15 is 0 Å². The highest BCUT2D eigenvalue weighted by Crippen LogP contribution is 2.00. The van der Waals surface area contributed by atoms with Crippen LogP contribution in [0.25, 0.3) is 0 Å². The van der Waals surface area contributed by atoms with Crippen molar-refractivity contribution < 1.29 is 4.79 Å². The van der Waals surface area contributed by atoms with E-state index in [1.807, 2.05) is 20.8 Å². The molecule has 0 aliphatic rings. The van der Waals surface area contributed by atoms with Gasteiger partial charge in [-0.25, -0.2) is 0 Å². The Hall–Kier alpha value is -0.330. The Balaban J connectivity index is 0.